The predicted molar refractivity (Wildman–Crippen MR) is 66.3 cm³/mol. The fraction of sp³-hybridized carbons (Fsp3) is 0.462. The lowest BCUT2D eigenvalue weighted by atomic mass is 10.1. The van der Waals surface area contributed by atoms with Crippen molar-refractivity contribution in [2.24, 2.45) is 0 Å². The Bertz CT molecular complexity index is 474. The Morgan fingerprint density at radius 3 is 2.45 bits per heavy atom. The lowest BCUT2D eigenvalue weighted by Crippen LogP contribution is -2.30. The second-order valence-electron chi connectivity index (χ2n) is 4.49. The average Bonchev–Trinajstić information content (AvgIpc) is 2.26. The Kier molecular flexibility index (Phi) is 5.38. The van der Waals surface area contributed by atoms with Crippen LogP contribution in [0, 0.1) is 0 Å². The topological polar surface area (TPSA) is 60.8 Å². The van der Waals surface area contributed by atoms with Gasteiger partial charge in [0.15, 0.2) is 0 Å². The summed E-state index contributed by atoms with van der Waals surface area (Å²) < 4.78 is 37.9. The van der Waals surface area contributed by atoms with E-state index in [4.69, 9.17) is 5.11 Å². The highest BCUT2D eigenvalue weighted by Crippen LogP contribution is 2.32. The molecule has 1 aromatic carbocycles. The fourth-order valence-corrected chi connectivity index (χ4v) is 1.91. The zero-order valence-corrected chi connectivity index (χ0v) is 10.9. The van der Waals surface area contributed by atoms with Crippen LogP contribution in [0.15, 0.2) is 18.2 Å². The standard InChI is InChI=1S/C13H16F3NO3/c1-2-3-17(8-12(19)20)7-9-4-10(13(14,15)16)6-11(18)5-9/h4-6,18H,2-3,7-8H2,1H3,(H,19,20). The normalized spacial score (nSPS) is 11.8. The summed E-state index contributed by atoms with van der Waals surface area (Å²) in [5.74, 6) is -1.53. The minimum atomic E-state index is -4.55. The van der Waals surface area contributed by atoms with E-state index in [0.717, 1.165) is 6.07 Å². The number of carboxylic acid groups (broad SMARTS) is 1. The lowest BCUT2D eigenvalue weighted by molar-refractivity contribution is -0.139. The molecule has 0 aliphatic carbocycles. The van der Waals surface area contributed by atoms with Crippen molar-refractivity contribution in [3.63, 3.8) is 0 Å². The summed E-state index contributed by atoms with van der Waals surface area (Å²) >= 11 is 0. The molecule has 0 aromatic heterocycles. The first-order valence-corrected chi connectivity index (χ1v) is 6.06. The highest BCUT2D eigenvalue weighted by Gasteiger charge is 2.31. The number of hydrogen-bond donors (Lipinski definition) is 2. The summed E-state index contributed by atoms with van der Waals surface area (Å²) in [5, 5.41) is 18.1. The van der Waals surface area contributed by atoms with Crippen LogP contribution in [0.1, 0.15) is 24.5 Å². The van der Waals surface area contributed by atoms with E-state index in [-0.39, 0.29) is 18.7 Å². The van der Waals surface area contributed by atoms with Gasteiger partial charge in [-0.05, 0) is 36.7 Å². The number of aliphatic carboxylic acids is 1. The molecule has 0 aliphatic heterocycles. The molecule has 0 saturated heterocycles. The van der Waals surface area contributed by atoms with Gasteiger partial charge in [-0.15, -0.1) is 0 Å². The summed E-state index contributed by atoms with van der Waals surface area (Å²) in [5.41, 5.74) is -0.716. The minimum Gasteiger partial charge on any atom is -0.508 e. The van der Waals surface area contributed by atoms with E-state index in [9.17, 15) is 23.1 Å². The van der Waals surface area contributed by atoms with Crippen LogP contribution in [-0.2, 0) is 17.5 Å². The van der Waals surface area contributed by atoms with Crippen LogP contribution >= 0.6 is 0 Å². The Labute approximate surface area is 114 Å². The molecule has 1 rings (SSSR count). The van der Waals surface area contributed by atoms with Gasteiger partial charge < -0.3 is 10.2 Å². The Morgan fingerprint density at radius 1 is 1.30 bits per heavy atom. The van der Waals surface area contributed by atoms with Gasteiger partial charge in [0.05, 0.1) is 12.1 Å². The Hall–Kier alpha value is -1.76. The molecule has 7 heteroatoms. The fourth-order valence-electron chi connectivity index (χ4n) is 1.91. The Morgan fingerprint density at radius 2 is 1.95 bits per heavy atom. The van der Waals surface area contributed by atoms with E-state index in [0.29, 0.717) is 19.0 Å². The van der Waals surface area contributed by atoms with Crippen LogP contribution in [-0.4, -0.2) is 34.2 Å². The van der Waals surface area contributed by atoms with Gasteiger partial charge in [0.2, 0.25) is 0 Å². The third-order valence-electron chi connectivity index (χ3n) is 2.61. The van der Waals surface area contributed by atoms with Crippen LogP contribution in [0.5, 0.6) is 5.75 Å². The van der Waals surface area contributed by atoms with Crippen molar-refractivity contribution in [1.29, 1.82) is 0 Å². The number of halogens is 3. The van der Waals surface area contributed by atoms with Crippen molar-refractivity contribution in [2.45, 2.75) is 26.1 Å². The van der Waals surface area contributed by atoms with Crippen molar-refractivity contribution < 1.29 is 28.2 Å². The van der Waals surface area contributed by atoms with E-state index in [1.165, 1.54) is 11.0 Å². The number of nitrogens with zero attached hydrogens (tertiary/aromatic N) is 1. The highest BCUT2D eigenvalue weighted by molar-refractivity contribution is 5.69. The maximum absolute atomic E-state index is 12.6. The molecule has 0 radical (unpaired) electrons. The van der Waals surface area contributed by atoms with Gasteiger partial charge in [-0.2, -0.15) is 13.2 Å². The van der Waals surface area contributed by atoms with Gasteiger partial charge >= 0.3 is 12.1 Å². The molecule has 0 unspecified atom stereocenters. The smallest absolute Gasteiger partial charge is 0.416 e. The predicted octanol–water partition coefficient (Wildman–Crippen LogP) is 2.71. The first-order valence-electron chi connectivity index (χ1n) is 6.06. The van der Waals surface area contributed by atoms with Crippen molar-refractivity contribution in [3.05, 3.63) is 29.3 Å². The molecule has 0 fully saturated rings. The molecular formula is C13H16F3NO3. The van der Waals surface area contributed by atoms with E-state index in [1.54, 1.807) is 0 Å². The molecule has 0 atom stereocenters. The molecule has 20 heavy (non-hydrogen) atoms. The van der Waals surface area contributed by atoms with Crippen molar-refractivity contribution in [3.8, 4) is 5.75 Å². The van der Waals surface area contributed by atoms with E-state index in [1.807, 2.05) is 6.92 Å². The quantitative estimate of drug-likeness (QED) is 0.846. The average molecular weight is 291 g/mol. The minimum absolute atomic E-state index is 0.0393. The molecule has 0 aliphatic rings. The summed E-state index contributed by atoms with van der Waals surface area (Å²) in [6.07, 6.45) is -3.87. The van der Waals surface area contributed by atoms with Crippen LogP contribution in [0.4, 0.5) is 13.2 Å². The molecular weight excluding hydrogens is 275 g/mol. The monoisotopic (exact) mass is 291 g/mol. The second-order valence-corrected chi connectivity index (χ2v) is 4.49. The molecule has 112 valence electrons. The van der Waals surface area contributed by atoms with Crippen molar-refractivity contribution >= 4 is 5.97 Å². The SMILES string of the molecule is CCCN(CC(=O)O)Cc1cc(O)cc(C(F)(F)F)c1. The van der Waals surface area contributed by atoms with Gasteiger partial charge in [-0.1, -0.05) is 6.92 Å². The van der Waals surface area contributed by atoms with Gasteiger partial charge in [0, 0.05) is 6.54 Å². The number of carboxylic acids is 1. The van der Waals surface area contributed by atoms with Gasteiger partial charge in [0.1, 0.15) is 5.75 Å². The summed E-state index contributed by atoms with van der Waals surface area (Å²) in [7, 11) is 0. The number of phenolic OH excluding ortho intramolecular Hbond substituents is 1. The van der Waals surface area contributed by atoms with E-state index in [2.05, 4.69) is 0 Å². The van der Waals surface area contributed by atoms with E-state index >= 15 is 0 Å². The van der Waals surface area contributed by atoms with Crippen LogP contribution < -0.4 is 0 Å². The van der Waals surface area contributed by atoms with Crippen molar-refractivity contribution in [2.75, 3.05) is 13.1 Å². The molecule has 0 amide bonds. The summed E-state index contributed by atoms with van der Waals surface area (Å²) in [6.45, 7) is 2.07. The van der Waals surface area contributed by atoms with Gasteiger partial charge in [-0.3, -0.25) is 9.69 Å². The molecule has 0 spiro atoms. The number of rotatable bonds is 6. The largest absolute Gasteiger partial charge is 0.508 e. The number of hydrogen-bond acceptors (Lipinski definition) is 3. The molecule has 2 N–H and O–H groups in total. The molecule has 1 aromatic rings. The van der Waals surface area contributed by atoms with Gasteiger partial charge in [0.25, 0.3) is 0 Å². The van der Waals surface area contributed by atoms with Gasteiger partial charge in [-0.25, -0.2) is 0 Å². The second kappa shape index (κ2) is 6.60. The third-order valence-corrected chi connectivity index (χ3v) is 2.61. The maximum Gasteiger partial charge on any atom is 0.416 e. The molecule has 0 heterocycles. The first kappa shape index (κ1) is 16.3. The molecule has 4 nitrogen and oxygen atoms in total. The highest BCUT2D eigenvalue weighted by atomic mass is 19.4. The number of phenols is 1. The number of carbonyl (C=O) groups is 1. The number of benzene rings is 1. The van der Waals surface area contributed by atoms with Crippen LogP contribution in [0.3, 0.4) is 0 Å². The number of aromatic hydroxyl groups is 1. The zero-order chi connectivity index (χ0) is 15.3. The maximum atomic E-state index is 12.6. The summed E-state index contributed by atoms with van der Waals surface area (Å²) in [4.78, 5) is 12.2. The molecule has 0 bridgehead atoms. The number of alkyl halides is 3. The van der Waals surface area contributed by atoms with Crippen molar-refractivity contribution in [1.82, 2.24) is 4.90 Å². The summed E-state index contributed by atoms with van der Waals surface area (Å²) in [6, 6.07) is 2.77. The molecule has 0 saturated carbocycles. The first-order chi connectivity index (χ1) is 9.22. The van der Waals surface area contributed by atoms with E-state index < -0.39 is 23.5 Å². The lowest BCUT2D eigenvalue weighted by Gasteiger charge is -2.20. The van der Waals surface area contributed by atoms with Crippen LogP contribution in [0.25, 0.3) is 0 Å². The Balaban J connectivity index is 2.94. The zero-order valence-electron chi connectivity index (χ0n) is 10.9. The third kappa shape index (κ3) is 5.08. The van der Waals surface area contributed by atoms with Crippen LogP contribution in [0.2, 0.25) is 0 Å².